The van der Waals surface area contributed by atoms with E-state index in [2.05, 4.69) is 25.4 Å². The van der Waals surface area contributed by atoms with Crippen molar-refractivity contribution < 1.29 is 18.0 Å². The number of carbonyl (C=O) groups excluding carboxylic acids is 1. The van der Waals surface area contributed by atoms with Crippen LogP contribution in [0.2, 0.25) is 0 Å². The van der Waals surface area contributed by atoms with Crippen molar-refractivity contribution in [1.82, 2.24) is 30.0 Å². The molecule has 0 radical (unpaired) electrons. The standard InChI is InChI=1S/C15H13F2N7O2/c1-23-8-18-12(22-23)15(25)24(2)19-7-9-3-5-10(6-4-9)13-20-21-14(26-13)11(16)17/h3-8,11H,1-2H3/b19-7+. The number of hydrazone groups is 1. The van der Waals surface area contributed by atoms with E-state index < -0.39 is 18.2 Å². The molecule has 1 aromatic carbocycles. The van der Waals surface area contributed by atoms with E-state index in [0.29, 0.717) is 11.1 Å². The summed E-state index contributed by atoms with van der Waals surface area (Å²) in [5.74, 6) is -1.15. The third-order valence-electron chi connectivity index (χ3n) is 3.25. The van der Waals surface area contributed by atoms with Gasteiger partial charge in [-0.2, -0.15) is 13.9 Å². The number of aromatic nitrogens is 5. The summed E-state index contributed by atoms with van der Waals surface area (Å²) < 4.78 is 31.2. The molecule has 0 aliphatic heterocycles. The molecular weight excluding hydrogens is 348 g/mol. The minimum absolute atomic E-state index is 0.00249. The molecular formula is C15H13F2N7O2. The Morgan fingerprint density at radius 2 is 2.04 bits per heavy atom. The zero-order chi connectivity index (χ0) is 18.7. The minimum atomic E-state index is -2.82. The molecule has 2 heterocycles. The molecule has 1 amide bonds. The molecule has 3 aromatic rings. The number of benzene rings is 1. The van der Waals surface area contributed by atoms with Crippen LogP contribution in [0.1, 0.15) is 28.5 Å². The van der Waals surface area contributed by atoms with E-state index in [9.17, 15) is 13.6 Å². The first-order valence-corrected chi connectivity index (χ1v) is 7.33. The normalized spacial score (nSPS) is 11.4. The van der Waals surface area contributed by atoms with Gasteiger partial charge in [0.25, 0.3) is 5.89 Å². The molecule has 0 bridgehead atoms. The monoisotopic (exact) mass is 361 g/mol. The van der Waals surface area contributed by atoms with Gasteiger partial charge in [0.15, 0.2) is 0 Å². The van der Waals surface area contributed by atoms with Gasteiger partial charge in [0, 0.05) is 19.7 Å². The Bertz CT molecular complexity index is 934. The van der Waals surface area contributed by atoms with Gasteiger partial charge in [-0.05, 0) is 17.7 Å². The highest BCUT2D eigenvalue weighted by Gasteiger charge is 2.17. The summed E-state index contributed by atoms with van der Waals surface area (Å²) >= 11 is 0. The van der Waals surface area contributed by atoms with Gasteiger partial charge >= 0.3 is 12.3 Å². The molecule has 11 heteroatoms. The van der Waals surface area contributed by atoms with E-state index in [-0.39, 0.29) is 11.7 Å². The molecule has 0 saturated heterocycles. The number of alkyl halides is 2. The largest absolute Gasteiger partial charge is 0.415 e. The molecule has 0 fully saturated rings. The average Bonchev–Trinajstić information content (AvgIpc) is 3.29. The van der Waals surface area contributed by atoms with Crippen LogP contribution in [-0.2, 0) is 7.05 Å². The predicted octanol–water partition coefficient (Wildman–Crippen LogP) is 1.91. The fourth-order valence-corrected chi connectivity index (χ4v) is 1.94. The van der Waals surface area contributed by atoms with E-state index in [1.807, 2.05) is 0 Å². The van der Waals surface area contributed by atoms with Crippen LogP contribution in [-0.4, -0.2) is 49.1 Å². The maximum absolute atomic E-state index is 12.5. The summed E-state index contributed by atoms with van der Waals surface area (Å²) in [6.07, 6.45) is 0.0630. The fourth-order valence-electron chi connectivity index (χ4n) is 1.94. The van der Waals surface area contributed by atoms with Crippen LogP contribution in [0.15, 0.2) is 40.1 Å². The lowest BCUT2D eigenvalue weighted by molar-refractivity contribution is 0.0788. The summed E-state index contributed by atoms with van der Waals surface area (Å²) in [4.78, 5) is 15.9. The first kappa shape index (κ1) is 17.3. The highest BCUT2D eigenvalue weighted by molar-refractivity contribution is 5.91. The van der Waals surface area contributed by atoms with Gasteiger partial charge in [0.05, 0.1) is 6.21 Å². The molecule has 0 saturated carbocycles. The minimum Gasteiger partial charge on any atom is -0.415 e. The molecule has 2 aromatic heterocycles. The molecule has 0 aliphatic rings. The van der Waals surface area contributed by atoms with Gasteiger partial charge in [-0.3, -0.25) is 9.48 Å². The summed E-state index contributed by atoms with van der Waals surface area (Å²) in [6, 6.07) is 6.57. The van der Waals surface area contributed by atoms with E-state index >= 15 is 0 Å². The van der Waals surface area contributed by atoms with E-state index in [1.54, 1.807) is 31.3 Å². The molecule has 3 rings (SSSR count). The van der Waals surface area contributed by atoms with E-state index in [0.717, 1.165) is 5.01 Å². The van der Waals surface area contributed by atoms with Crippen molar-refractivity contribution in [1.29, 1.82) is 0 Å². The lowest BCUT2D eigenvalue weighted by Crippen LogP contribution is -2.22. The Labute approximate surface area is 146 Å². The Balaban J connectivity index is 1.68. The van der Waals surface area contributed by atoms with Crippen molar-refractivity contribution in [2.45, 2.75) is 6.43 Å². The van der Waals surface area contributed by atoms with Crippen LogP contribution in [0.3, 0.4) is 0 Å². The van der Waals surface area contributed by atoms with Crippen LogP contribution < -0.4 is 0 Å². The van der Waals surface area contributed by atoms with Crippen molar-refractivity contribution in [2.24, 2.45) is 12.1 Å². The van der Waals surface area contributed by atoms with Crippen molar-refractivity contribution in [3.8, 4) is 11.5 Å². The third-order valence-corrected chi connectivity index (χ3v) is 3.25. The number of halogens is 2. The highest BCUT2D eigenvalue weighted by atomic mass is 19.3. The van der Waals surface area contributed by atoms with Crippen LogP contribution in [0.4, 0.5) is 8.78 Å². The lowest BCUT2D eigenvalue weighted by atomic mass is 10.1. The second kappa shape index (κ2) is 7.17. The van der Waals surface area contributed by atoms with Gasteiger partial charge in [0.2, 0.25) is 11.7 Å². The molecule has 0 atom stereocenters. The second-order valence-corrected chi connectivity index (χ2v) is 5.18. The zero-order valence-electron chi connectivity index (χ0n) is 13.7. The molecule has 0 N–H and O–H groups in total. The average molecular weight is 361 g/mol. The third kappa shape index (κ3) is 3.77. The number of hydrogen-bond acceptors (Lipinski definition) is 7. The van der Waals surface area contributed by atoms with Gasteiger partial charge in [0.1, 0.15) is 6.33 Å². The molecule has 9 nitrogen and oxygen atoms in total. The first-order valence-electron chi connectivity index (χ1n) is 7.33. The Morgan fingerprint density at radius 1 is 1.31 bits per heavy atom. The lowest BCUT2D eigenvalue weighted by Gasteiger charge is -2.07. The number of nitrogens with zero attached hydrogens (tertiary/aromatic N) is 7. The van der Waals surface area contributed by atoms with E-state index in [1.165, 1.54) is 24.3 Å². The van der Waals surface area contributed by atoms with Crippen LogP contribution in [0.25, 0.3) is 11.5 Å². The topological polar surface area (TPSA) is 102 Å². The first-order chi connectivity index (χ1) is 12.4. The van der Waals surface area contributed by atoms with Crippen LogP contribution >= 0.6 is 0 Å². The highest BCUT2D eigenvalue weighted by Crippen LogP contribution is 2.23. The summed E-state index contributed by atoms with van der Waals surface area (Å²) in [7, 11) is 3.14. The van der Waals surface area contributed by atoms with Gasteiger partial charge in [-0.25, -0.2) is 9.99 Å². The van der Waals surface area contributed by atoms with Crippen molar-refractivity contribution >= 4 is 12.1 Å². The smallest absolute Gasteiger partial charge is 0.314 e. The summed E-state index contributed by atoms with van der Waals surface area (Å²) in [5, 5.41) is 15.9. The molecule has 134 valence electrons. The molecule has 0 unspecified atom stereocenters. The number of carbonyl (C=O) groups is 1. The number of amides is 1. The Kier molecular flexibility index (Phi) is 4.78. The second-order valence-electron chi connectivity index (χ2n) is 5.18. The summed E-state index contributed by atoms with van der Waals surface area (Å²) in [5.41, 5.74) is 1.17. The predicted molar refractivity (Wildman–Crippen MR) is 85.4 cm³/mol. The van der Waals surface area contributed by atoms with Gasteiger partial charge < -0.3 is 4.42 Å². The number of hydrogen-bond donors (Lipinski definition) is 0. The molecule has 26 heavy (non-hydrogen) atoms. The maximum Gasteiger partial charge on any atom is 0.314 e. The summed E-state index contributed by atoms with van der Waals surface area (Å²) in [6.45, 7) is 0. The molecule has 0 aliphatic carbocycles. The van der Waals surface area contributed by atoms with Crippen molar-refractivity contribution in [3.05, 3.63) is 47.9 Å². The fraction of sp³-hybridized carbons (Fsp3) is 0.200. The van der Waals surface area contributed by atoms with Gasteiger partial charge in [-0.1, -0.05) is 12.1 Å². The maximum atomic E-state index is 12.5. The number of rotatable bonds is 5. The number of aryl methyl sites for hydroxylation is 1. The van der Waals surface area contributed by atoms with E-state index in [4.69, 9.17) is 4.42 Å². The molecule has 0 spiro atoms. The zero-order valence-corrected chi connectivity index (χ0v) is 13.7. The Hall–Kier alpha value is -3.50. The quantitative estimate of drug-likeness (QED) is 0.508. The van der Waals surface area contributed by atoms with Gasteiger partial charge in [-0.15, -0.1) is 15.3 Å². The van der Waals surface area contributed by atoms with Crippen molar-refractivity contribution in [3.63, 3.8) is 0 Å². The van der Waals surface area contributed by atoms with Crippen LogP contribution in [0, 0.1) is 0 Å². The van der Waals surface area contributed by atoms with Crippen molar-refractivity contribution in [2.75, 3.05) is 7.05 Å². The SMILES string of the molecule is CN(/N=C/c1ccc(-c2nnc(C(F)F)o2)cc1)C(=O)c1ncn(C)n1. The Morgan fingerprint density at radius 3 is 2.62 bits per heavy atom. The van der Waals surface area contributed by atoms with Crippen LogP contribution in [0.5, 0.6) is 0 Å².